The molecule has 6 nitrogen and oxygen atoms in total. The van der Waals surface area contributed by atoms with Gasteiger partial charge in [0.2, 0.25) is 15.0 Å². The molecule has 0 N–H and O–H groups in total. The first-order valence-electron chi connectivity index (χ1n) is 5.32. The summed E-state index contributed by atoms with van der Waals surface area (Å²) in [6, 6.07) is 1.23. The third-order valence-corrected chi connectivity index (χ3v) is 3.86. The molecule has 114 valence electrons. The van der Waals surface area contributed by atoms with Gasteiger partial charge in [0.15, 0.2) is 0 Å². The number of alkyl halides is 3. The van der Waals surface area contributed by atoms with Crippen molar-refractivity contribution in [2.75, 3.05) is 6.26 Å². The SMILES string of the molecule is CS(=O)(=O)c1ncc2cc(Br)c(=O)n(CC(F)(F)F)c2n1. The predicted octanol–water partition coefficient (Wildman–Crippen LogP) is 1.52. The van der Waals surface area contributed by atoms with Crippen LogP contribution in [-0.4, -0.2) is 35.4 Å². The van der Waals surface area contributed by atoms with E-state index in [1.807, 2.05) is 0 Å². The van der Waals surface area contributed by atoms with E-state index < -0.39 is 38.9 Å². The van der Waals surface area contributed by atoms with Crippen LogP contribution in [-0.2, 0) is 16.4 Å². The molecule has 0 saturated heterocycles. The summed E-state index contributed by atoms with van der Waals surface area (Å²) in [4.78, 5) is 19.0. The van der Waals surface area contributed by atoms with Crippen LogP contribution in [0.1, 0.15) is 0 Å². The van der Waals surface area contributed by atoms with Crippen molar-refractivity contribution in [3.63, 3.8) is 0 Å². The fraction of sp³-hybridized carbons (Fsp3) is 0.300. The van der Waals surface area contributed by atoms with Gasteiger partial charge in [0, 0.05) is 17.8 Å². The second-order valence-electron chi connectivity index (χ2n) is 4.20. The fourth-order valence-electron chi connectivity index (χ4n) is 1.61. The zero-order valence-corrected chi connectivity index (χ0v) is 12.8. The van der Waals surface area contributed by atoms with Crippen LogP contribution in [0.25, 0.3) is 11.0 Å². The van der Waals surface area contributed by atoms with Gasteiger partial charge in [-0.25, -0.2) is 13.4 Å². The van der Waals surface area contributed by atoms with Crippen LogP contribution in [0.4, 0.5) is 13.2 Å². The average molecular weight is 386 g/mol. The molecular formula is C10H7BrF3N3O3S. The van der Waals surface area contributed by atoms with Gasteiger partial charge in [-0.2, -0.15) is 18.2 Å². The molecule has 2 aromatic rings. The number of pyridine rings is 1. The summed E-state index contributed by atoms with van der Waals surface area (Å²) in [6.07, 6.45) is -2.79. The lowest BCUT2D eigenvalue weighted by atomic mass is 10.3. The Morgan fingerprint density at radius 2 is 2.00 bits per heavy atom. The summed E-state index contributed by atoms with van der Waals surface area (Å²) in [7, 11) is -3.81. The summed E-state index contributed by atoms with van der Waals surface area (Å²) in [5.74, 6) is 0. The number of fused-ring (bicyclic) bond motifs is 1. The van der Waals surface area contributed by atoms with Gasteiger partial charge in [-0.05, 0) is 22.0 Å². The Bertz CT molecular complexity index is 877. The van der Waals surface area contributed by atoms with Gasteiger partial charge in [0.1, 0.15) is 12.2 Å². The molecule has 0 aliphatic carbocycles. The predicted molar refractivity (Wildman–Crippen MR) is 70.7 cm³/mol. The molecule has 0 saturated carbocycles. The summed E-state index contributed by atoms with van der Waals surface area (Å²) < 4.78 is 60.8. The van der Waals surface area contributed by atoms with Gasteiger partial charge < -0.3 is 0 Å². The molecule has 21 heavy (non-hydrogen) atoms. The van der Waals surface area contributed by atoms with Crippen LogP contribution in [0.5, 0.6) is 0 Å². The van der Waals surface area contributed by atoms with Crippen LogP contribution >= 0.6 is 15.9 Å². The number of rotatable bonds is 2. The Labute approximate surface area is 124 Å². The molecule has 0 aromatic carbocycles. The maximum atomic E-state index is 12.6. The second kappa shape index (κ2) is 5.05. The fourth-order valence-corrected chi connectivity index (χ4v) is 2.57. The lowest BCUT2D eigenvalue weighted by molar-refractivity contribution is -0.140. The Kier molecular flexibility index (Phi) is 3.82. The van der Waals surface area contributed by atoms with Crippen molar-refractivity contribution in [2.45, 2.75) is 17.9 Å². The molecule has 0 amide bonds. The van der Waals surface area contributed by atoms with Crippen molar-refractivity contribution in [1.29, 1.82) is 0 Å². The van der Waals surface area contributed by atoms with Crippen LogP contribution in [0.3, 0.4) is 0 Å². The van der Waals surface area contributed by atoms with E-state index in [0.29, 0.717) is 4.57 Å². The molecule has 2 rings (SSSR count). The average Bonchev–Trinajstić information content (AvgIpc) is 2.32. The van der Waals surface area contributed by atoms with E-state index in [-0.39, 0.29) is 9.86 Å². The molecule has 0 fully saturated rings. The van der Waals surface area contributed by atoms with Crippen LogP contribution < -0.4 is 5.56 Å². The molecule has 0 radical (unpaired) electrons. The standard InChI is InChI=1S/C10H7BrF3N3O3S/c1-21(19,20)9-15-3-5-2-6(11)8(18)17(7(5)16-9)4-10(12,13)14/h2-3H,4H2,1H3. The van der Waals surface area contributed by atoms with Crippen molar-refractivity contribution in [3.8, 4) is 0 Å². The third-order valence-electron chi connectivity index (χ3n) is 2.43. The molecule has 0 bridgehead atoms. The summed E-state index contributed by atoms with van der Waals surface area (Å²) in [5.41, 5.74) is -1.35. The van der Waals surface area contributed by atoms with Gasteiger partial charge in [-0.15, -0.1) is 0 Å². The molecule has 2 heterocycles. The first-order valence-corrected chi connectivity index (χ1v) is 8.00. The number of sulfone groups is 1. The Morgan fingerprint density at radius 3 is 2.52 bits per heavy atom. The minimum atomic E-state index is -4.66. The smallest absolute Gasteiger partial charge is 0.282 e. The molecular weight excluding hydrogens is 379 g/mol. The summed E-state index contributed by atoms with van der Waals surface area (Å²) in [5, 5.41) is -0.536. The lowest BCUT2D eigenvalue weighted by Crippen LogP contribution is -2.29. The molecule has 0 unspecified atom stereocenters. The molecule has 0 spiro atoms. The second-order valence-corrected chi connectivity index (χ2v) is 6.97. The molecule has 0 aliphatic heterocycles. The van der Waals surface area contributed by atoms with Gasteiger partial charge in [0.25, 0.3) is 5.56 Å². The van der Waals surface area contributed by atoms with Crippen molar-refractivity contribution in [3.05, 3.63) is 27.1 Å². The van der Waals surface area contributed by atoms with E-state index in [1.54, 1.807) is 0 Å². The maximum absolute atomic E-state index is 12.6. The highest BCUT2D eigenvalue weighted by molar-refractivity contribution is 9.10. The van der Waals surface area contributed by atoms with Gasteiger partial charge in [-0.1, -0.05) is 0 Å². The van der Waals surface area contributed by atoms with E-state index in [2.05, 4.69) is 25.9 Å². The number of hydrogen-bond donors (Lipinski definition) is 0. The van der Waals surface area contributed by atoms with Crippen molar-refractivity contribution >= 4 is 36.8 Å². The highest BCUT2D eigenvalue weighted by Crippen LogP contribution is 2.21. The van der Waals surface area contributed by atoms with Gasteiger partial charge in [0.05, 0.1) is 4.47 Å². The first kappa shape index (κ1) is 15.9. The number of nitrogens with zero attached hydrogens (tertiary/aromatic N) is 3. The highest BCUT2D eigenvalue weighted by atomic mass is 79.9. The molecule has 11 heteroatoms. The van der Waals surface area contributed by atoms with E-state index >= 15 is 0 Å². The minimum Gasteiger partial charge on any atom is -0.282 e. The number of hydrogen-bond acceptors (Lipinski definition) is 5. The Balaban J connectivity index is 2.85. The minimum absolute atomic E-state index is 0.102. The zero-order chi connectivity index (χ0) is 16.0. The summed E-state index contributed by atoms with van der Waals surface area (Å²) >= 11 is 2.86. The zero-order valence-electron chi connectivity index (χ0n) is 10.3. The monoisotopic (exact) mass is 385 g/mol. The van der Waals surface area contributed by atoms with Gasteiger partial charge >= 0.3 is 6.18 Å². The normalized spacial score (nSPS) is 12.8. The van der Waals surface area contributed by atoms with E-state index in [9.17, 15) is 26.4 Å². The van der Waals surface area contributed by atoms with Crippen LogP contribution in [0.15, 0.2) is 26.7 Å². The molecule has 0 atom stereocenters. The Hall–Kier alpha value is -1.49. The largest absolute Gasteiger partial charge is 0.406 e. The maximum Gasteiger partial charge on any atom is 0.406 e. The number of aromatic nitrogens is 3. The van der Waals surface area contributed by atoms with E-state index in [4.69, 9.17) is 0 Å². The van der Waals surface area contributed by atoms with Crippen molar-refractivity contribution in [2.24, 2.45) is 0 Å². The first-order chi connectivity index (χ1) is 9.49. The van der Waals surface area contributed by atoms with Gasteiger partial charge in [-0.3, -0.25) is 9.36 Å². The molecule has 0 aliphatic rings. The highest BCUT2D eigenvalue weighted by Gasteiger charge is 2.30. The lowest BCUT2D eigenvalue weighted by Gasteiger charge is -2.12. The Morgan fingerprint density at radius 1 is 1.38 bits per heavy atom. The van der Waals surface area contributed by atoms with E-state index in [1.165, 1.54) is 6.07 Å². The molecule has 2 aromatic heterocycles. The van der Waals surface area contributed by atoms with Crippen molar-refractivity contribution < 1.29 is 21.6 Å². The van der Waals surface area contributed by atoms with Crippen LogP contribution in [0, 0.1) is 0 Å². The van der Waals surface area contributed by atoms with Crippen molar-refractivity contribution in [1.82, 2.24) is 14.5 Å². The number of halogens is 4. The van der Waals surface area contributed by atoms with E-state index in [0.717, 1.165) is 12.5 Å². The quantitative estimate of drug-likeness (QED) is 0.732. The topological polar surface area (TPSA) is 81.9 Å². The van der Waals surface area contributed by atoms with Crippen LogP contribution in [0.2, 0.25) is 0 Å². The third kappa shape index (κ3) is 3.40. The summed E-state index contributed by atoms with van der Waals surface area (Å²) in [6.45, 7) is -1.58.